The Morgan fingerprint density at radius 1 is 1.27 bits per heavy atom. The molecule has 0 aliphatic rings. The fourth-order valence-electron chi connectivity index (χ4n) is 1.90. The molecule has 2 aromatic rings. The number of amides is 1. The van der Waals surface area contributed by atoms with Crippen LogP contribution in [0.25, 0.3) is 0 Å². The van der Waals surface area contributed by atoms with Gasteiger partial charge in [0.2, 0.25) is 0 Å². The van der Waals surface area contributed by atoms with Crippen LogP contribution in [0, 0.1) is 6.92 Å². The van der Waals surface area contributed by atoms with E-state index < -0.39 is 0 Å². The Morgan fingerprint density at radius 2 is 2.09 bits per heavy atom. The van der Waals surface area contributed by atoms with Crippen molar-refractivity contribution in [3.05, 3.63) is 47.7 Å². The number of aliphatic hydroxyl groups is 1. The number of benzene rings is 1. The van der Waals surface area contributed by atoms with Crippen molar-refractivity contribution < 1.29 is 9.90 Å². The number of aryl methyl sites for hydroxylation is 1. The van der Waals surface area contributed by atoms with Crippen molar-refractivity contribution >= 4 is 17.4 Å². The van der Waals surface area contributed by atoms with Crippen molar-refractivity contribution in [1.29, 1.82) is 0 Å². The van der Waals surface area contributed by atoms with Crippen LogP contribution in [0.3, 0.4) is 0 Å². The van der Waals surface area contributed by atoms with E-state index in [1.807, 2.05) is 32.0 Å². The number of aliphatic hydroxyl groups excluding tert-OH is 1. The highest BCUT2D eigenvalue weighted by atomic mass is 16.3. The van der Waals surface area contributed by atoms with Gasteiger partial charge in [0.1, 0.15) is 0 Å². The highest BCUT2D eigenvalue weighted by molar-refractivity contribution is 5.95. The molecule has 1 amide bonds. The van der Waals surface area contributed by atoms with Gasteiger partial charge < -0.3 is 15.7 Å². The number of hydrogen-bond donors (Lipinski definition) is 3. The van der Waals surface area contributed by atoms with Crippen LogP contribution in [0.15, 0.2) is 36.4 Å². The van der Waals surface area contributed by atoms with Crippen molar-refractivity contribution in [2.75, 3.05) is 11.9 Å². The molecule has 0 spiro atoms. The summed E-state index contributed by atoms with van der Waals surface area (Å²) < 4.78 is 0. The normalized spacial score (nSPS) is 11.8. The van der Waals surface area contributed by atoms with Gasteiger partial charge >= 0.3 is 0 Å². The summed E-state index contributed by atoms with van der Waals surface area (Å²) in [4.78, 5) is 12.1. The molecule has 1 aromatic carbocycles. The number of carbonyl (C=O) groups excluding carboxylic acids is 1. The molecule has 1 atom stereocenters. The van der Waals surface area contributed by atoms with Gasteiger partial charge in [-0.2, -0.15) is 5.10 Å². The monoisotopic (exact) mass is 300 g/mol. The minimum absolute atomic E-state index is 0.0703. The summed E-state index contributed by atoms with van der Waals surface area (Å²) in [6.07, 6.45) is 0.680. The Kier molecular flexibility index (Phi) is 5.43. The molecule has 3 N–H and O–H groups in total. The average molecular weight is 300 g/mol. The number of aromatic nitrogens is 2. The quantitative estimate of drug-likeness (QED) is 0.760. The number of anilines is 2. The third-order valence-electron chi connectivity index (χ3n) is 3.24. The number of carbonyl (C=O) groups is 1. The lowest BCUT2D eigenvalue weighted by Gasteiger charge is -2.14. The number of nitrogens with zero attached hydrogens (tertiary/aromatic N) is 2. The Hall–Kier alpha value is -2.47. The van der Waals surface area contributed by atoms with Gasteiger partial charge in [0.05, 0.1) is 18.3 Å². The van der Waals surface area contributed by atoms with Crippen LogP contribution in [-0.4, -0.2) is 33.9 Å². The molecule has 0 saturated heterocycles. The highest BCUT2D eigenvalue weighted by Gasteiger charge is 2.11. The standard InChI is InChI=1S/C16H20N4O2/c1-3-13(10-21)18-16(22)12-5-4-6-14(9-12)17-15-8-7-11(2)19-20-15/h4-9,13,21H,3,10H2,1-2H3,(H,17,20)(H,18,22). The van der Waals surface area contributed by atoms with E-state index in [2.05, 4.69) is 20.8 Å². The fourth-order valence-corrected chi connectivity index (χ4v) is 1.90. The lowest BCUT2D eigenvalue weighted by Crippen LogP contribution is -2.36. The number of hydrogen-bond acceptors (Lipinski definition) is 5. The van der Waals surface area contributed by atoms with Gasteiger partial charge in [0.15, 0.2) is 5.82 Å². The third-order valence-corrected chi connectivity index (χ3v) is 3.24. The van der Waals surface area contributed by atoms with Crippen molar-refractivity contribution in [1.82, 2.24) is 15.5 Å². The smallest absolute Gasteiger partial charge is 0.251 e. The molecule has 1 aromatic heterocycles. The van der Waals surface area contributed by atoms with E-state index in [1.165, 1.54) is 0 Å². The average Bonchev–Trinajstić information content (AvgIpc) is 2.55. The Labute approximate surface area is 129 Å². The third kappa shape index (κ3) is 4.26. The largest absolute Gasteiger partial charge is 0.394 e. The molecule has 0 aliphatic carbocycles. The van der Waals surface area contributed by atoms with Crippen molar-refractivity contribution in [3.63, 3.8) is 0 Å². The topological polar surface area (TPSA) is 87.1 Å². The van der Waals surface area contributed by atoms with Gasteiger partial charge in [-0.25, -0.2) is 0 Å². The van der Waals surface area contributed by atoms with Crippen LogP contribution in [0.5, 0.6) is 0 Å². The minimum Gasteiger partial charge on any atom is -0.394 e. The van der Waals surface area contributed by atoms with E-state index in [1.54, 1.807) is 18.2 Å². The molecule has 2 rings (SSSR count). The first kappa shape index (κ1) is 15.9. The predicted octanol–water partition coefficient (Wildman–Crippen LogP) is 2.03. The lowest BCUT2D eigenvalue weighted by atomic mass is 10.1. The van der Waals surface area contributed by atoms with Crippen molar-refractivity contribution in [3.8, 4) is 0 Å². The van der Waals surface area contributed by atoms with Gasteiger partial charge in [-0.05, 0) is 43.7 Å². The van der Waals surface area contributed by atoms with Gasteiger partial charge in [0.25, 0.3) is 5.91 Å². The molecule has 0 saturated carbocycles. The Bertz CT molecular complexity index is 624. The zero-order valence-corrected chi connectivity index (χ0v) is 12.7. The first-order valence-electron chi connectivity index (χ1n) is 7.21. The Balaban J connectivity index is 2.09. The van der Waals surface area contributed by atoms with Crippen molar-refractivity contribution in [2.45, 2.75) is 26.3 Å². The van der Waals surface area contributed by atoms with Gasteiger partial charge in [-0.15, -0.1) is 5.10 Å². The summed E-state index contributed by atoms with van der Waals surface area (Å²) in [5, 5.41) is 23.0. The van der Waals surface area contributed by atoms with Gasteiger partial charge in [0, 0.05) is 11.3 Å². The summed E-state index contributed by atoms with van der Waals surface area (Å²) in [7, 11) is 0. The number of nitrogens with one attached hydrogen (secondary N) is 2. The minimum atomic E-state index is -0.230. The molecule has 116 valence electrons. The fraction of sp³-hybridized carbons (Fsp3) is 0.312. The second-order valence-electron chi connectivity index (χ2n) is 5.03. The summed E-state index contributed by atoms with van der Waals surface area (Å²) >= 11 is 0. The summed E-state index contributed by atoms with van der Waals surface area (Å²) in [6.45, 7) is 3.71. The zero-order valence-electron chi connectivity index (χ0n) is 12.7. The van der Waals surface area contributed by atoms with Crippen LogP contribution in [-0.2, 0) is 0 Å². The first-order valence-corrected chi connectivity index (χ1v) is 7.21. The first-order chi connectivity index (χ1) is 10.6. The van der Waals surface area contributed by atoms with Crippen LogP contribution >= 0.6 is 0 Å². The molecule has 0 fully saturated rings. The molecular weight excluding hydrogens is 280 g/mol. The second kappa shape index (κ2) is 7.51. The van der Waals surface area contributed by atoms with E-state index >= 15 is 0 Å². The maximum atomic E-state index is 12.1. The SMILES string of the molecule is CCC(CO)NC(=O)c1cccc(Nc2ccc(C)nn2)c1. The molecule has 0 aliphatic heterocycles. The summed E-state index contributed by atoms with van der Waals surface area (Å²) in [5.74, 6) is 0.407. The maximum Gasteiger partial charge on any atom is 0.251 e. The molecule has 6 heteroatoms. The van der Waals surface area contributed by atoms with E-state index in [9.17, 15) is 4.79 Å². The van der Waals surface area contributed by atoms with Crippen molar-refractivity contribution in [2.24, 2.45) is 0 Å². The molecule has 0 radical (unpaired) electrons. The molecule has 0 bridgehead atoms. The molecule has 22 heavy (non-hydrogen) atoms. The van der Waals surface area contributed by atoms with E-state index in [-0.39, 0.29) is 18.6 Å². The highest BCUT2D eigenvalue weighted by Crippen LogP contribution is 2.15. The second-order valence-corrected chi connectivity index (χ2v) is 5.03. The van der Waals surface area contributed by atoms with Crippen LogP contribution < -0.4 is 10.6 Å². The van der Waals surface area contributed by atoms with Gasteiger partial charge in [-0.1, -0.05) is 13.0 Å². The van der Waals surface area contributed by atoms with Crippen LogP contribution in [0.4, 0.5) is 11.5 Å². The molecule has 1 heterocycles. The summed E-state index contributed by atoms with van der Waals surface area (Å²) in [5.41, 5.74) is 2.12. The number of rotatable bonds is 6. The predicted molar refractivity (Wildman–Crippen MR) is 85.1 cm³/mol. The van der Waals surface area contributed by atoms with Crippen LogP contribution in [0.2, 0.25) is 0 Å². The summed E-state index contributed by atoms with van der Waals surface area (Å²) in [6, 6.07) is 10.6. The van der Waals surface area contributed by atoms with E-state index in [0.717, 1.165) is 11.4 Å². The molecule has 6 nitrogen and oxygen atoms in total. The van der Waals surface area contributed by atoms with Crippen LogP contribution in [0.1, 0.15) is 29.4 Å². The van der Waals surface area contributed by atoms with Gasteiger partial charge in [-0.3, -0.25) is 4.79 Å². The molecule has 1 unspecified atom stereocenters. The Morgan fingerprint density at radius 3 is 2.73 bits per heavy atom. The zero-order chi connectivity index (χ0) is 15.9. The molecular formula is C16H20N4O2. The van der Waals surface area contributed by atoms with E-state index in [4.69, 9.17) is 5.11 Å². The van der Waals surface area contributed by atoms with E-state index in [0.29, 0.717) is 17.8 Å². The lowest BCUT2D eigenvalue weighted by molar-refractivity contribution is 0.0915. The maximum absolute atomic E-state index is 12.1.